The van der Waals surface area contributed by atoms with Gasteiger partial charge in [0.15, 0.2) is 0 Å². The van der Waals surface area contributed by atoms with Crippen molar-refractivity contribution in [3.8, 4) is 11.5 Å². The zero-order chi connectivity index (χ0) is 21.8. The minimum atomic E-state index is -0.168. The summed E-state index contributed by atoms with van der Waals surface area (Å²) in [4.78, 5) is 14.8. The molecule has 2 aromatic carbocycles. The van der Waals surface area contributed by atoms with Crippen LogP contribution in [0.15, 0.2) is 52.9 Å². The lowest BCUT2D eigenvalue weighted by Crippen LogP contribution is -2.10. The molecule has 0 radical (unpaired) electrons. The average molecular weight is 493 g/mol. The van der Waals surface area contributed by atoms with Crippen LogP contribution in [0.5, 0.6) is 0 Å². The monoisotopic (exact) mass is 492 g/mol. The molecule has 4 nitrogen and oxygen atoms in total. The number of rotatable bonds is 9. The van der Waals surface area contributed by atoms with Crippen LogP contribution in [0.1, 0.15) is 22.6 Å². The molecule has 0 aliphatic heterocycles. The molecule has 0 saturated carbocycles. The summed E-state index contributed by atoms with van der Waals surface area (Å²) >= 11 is 4.96. The van der Waals surface area contributed by atoms with E-state index in [0.717, 1.165) is 41.6 Å². The Bertz CT molecular complexity index is 899. The summed E-state index contributed by atoms with van der Waals surface area (Å²) in [5, 5.41) is 3.88. The highest BCUT2D eigenvalue weighted by molar-refractivity contribution is 9.08. The third-order valence-electron chi connectivity index (χ3n) is 4.25. The Kier molecular flexibility index (Phi) is 10.8. The quantitative estimate of drug-likeness (QED) is 0.240. The Morgan fingerprint density at radius 1 is 1.13 bits per heavy atom. The molecule has 0 atom stereocenters. The standard InChI is InChI=1S/C14H14BrNO2S.C9H12FN/c1-10-13(9-19-7-6-17)16-14(18-10)12-4-2-11(8-15)3-5-12;1-11-7-6-8-2-4-9(10)5-3-8/h2-6H,7-9H2,1H3;2-5,11H,6-7H2,1H3. The van der Waals surface area contributed by atoms with Crippen molar-refractivity contribution in [3.63, 3.8) is 0 Å². The van der Waals surface area contributed by atoms with Crippen LogP contribution < -0.4 is 5.32 Å². The number of likely N-dealkylation sites (N-methyl/N-ethyl adjacent to an activating group) is 1. The number of nitrogens with one attached hydrogen (secondary N) is 1. The van der Waals surface area contributed by atoms with E-state index in [1.807, 2.05) is 50.4 Å². The Balaban J connectivity index is 0.000000248. The SMILES string of the molecule is CNCCc1ccc(F)cc1.Cc1oc(-c2ccc(CBr)cc2)nc1CSCC=O. The molecule has 3 rings (SSSR count). The Morgan fingerprint density at radius 3 is 2.40 bits per heavy atom. The topological polar surface area (TPSA) is 55.1 Å². The van der Waals surface area contributed by atoms with E-state index in [-0.39, 0.29) is 5.82 Å². The number of nitrogens with zero attached hydrogens (tertiary/aromatic N) is 1. The van der Waals surface area contributed by atoms with Crippen LogP contribution in [0, 0.1) is 12.7 Å². The third-order valence-corrected chi connectivity index (χ3v) is 5.75. The summed E-state index contributed by atoms with van der Waals surface area (Å²) in [5.41, 5.74) is 4.26. The molecule has 0 saturated heterocycles. The van der Waals surface area contributed by atoms with Gasteiger partial charge in [-0.05, 0) is 62.3 Å². The van der Waals surface area contributed by atoms with Crippen LogP contribution in [0.4, 0.5) is 4.39 Å². The van der Waals surface area contributed by atoms with E-state index in [0.29, 0.717) is 17.4 Å². The predicted octanol–water partition coefficient (Wildman–Crippen LogP) is 5.56. The molecule has 1 N–H and O–H groups in total. The highest BCUT2D eigenvalue weighted by atomic mass is 79.9. The number of carbonyl (C=O) groups is 1. The van der Waals surface area contributed by atoms with Crippen molar-refractivity contribution in [2.24, 2.45) is 0 Å². The number of oxazole rings is 1. The number of hydrogen-bond acceptors (Lipinski definition) is 5. The van der Waals surface area contributed by atoms with Crippen molar-refractivity contribution in [2.75, 3.05) is 19.3 Å². The molecule has 0 aliphatic rings. The summed E-state index contributed by atoms with van der Waals surface area (Å²) in [5.74, 6) is 2.48. The minimum absolute atomic E-state index is 0.168. The maximum absolute atomic E-state index is 12.4. The molecule has 0 unspecified atom stereocenters. The fraction of sp³-hybridized carbons (Fsp3) is 0.304. The lowest BCUT2D eigenvalue weighted by molar-refractivity contribution is -0.105. The normalized spacial score (nSPS) is 10.4. The zero-order valence-electron chi connectivity index (χ0n) is 17.2. The second kappa shape index (κ2) is 13.4. The van der Waals surface area contributed by atoms with Crippen molar-refractivity contribution in [1.82, 2.24) is 10.3 Å². The van der Waals surface area contributed by atoms with E-state index in [9.17, 15) is 9.18 Å². The fourth-order valence-electron chi connectivity index (χ4n) is 2.55. The first-order valence-electron chi connectivity index (χ1n) is 9.59. The number of hydrogen-bond donors (Lipinski definition) is 1. The maximum Gasteiger partial charge on any atom is 0.226 e. The van der Waals surface area contributed by atoms with Gasteiger partial charge < -0.3 is 14.5 Å². The number of aldehydes is 1. The van der Waals surface area contributed by atoms with Crippen molar-refractivity contribution in [3.05, 3.63) is 76.9 Å². The Morgan fingerprint density at radius 2 is 1.80 bits per heavy atom. The molecule has 0 spiro atoms. The number of alkyl halides is 1. The van der Waals surface area contributed by atoms with E-state index in [1.165, 1.54) is 35.0 Å². The smallest absolute Gasteiger partial charge is 0.226 e. The number of halogens is 2. The lowest BCUT2D eigenvalue weighted by atomic mass is 10.1. The highest BCUT2D eigenvalue weighted by Crippen LogP contribution is 2.24. The number of benzene rings is 2. The summed E-state index contributed by atoms with van der Waals surface area (Å²) in [6.45, 7) is 2.84. The molecule has 1 heterocycles. The van der Waals surface area contributed by atoms with Gasteiger partial charge in [0.05, 0.1) is 5.69 Å². The molecular weight excluding hydrogens is 467 g/mol. The van der Waals surface area contributed by atoms with Gasteiger partial charge in [0.2, 0.25) is 5.89 Å². The van der Waals surface area contributed by atoms with Gasteiger partial charge in [-0.15, -0.1) is 11.8 Å². The molecule has 3 aromatic rings. The number of aromatic nitrogens is 1. The van der Waals surface area contributed by atoms with Crippen LogP contribution >= 0.6 is 27.7 Å². The zero-order valence-corrected chi connectivity index (χ0v) is 19.6. The fourth-order valence-corrected chi connectivity index (χ4v) is 3.60. The first kappa shape index (κ1) is 24.3. The molecular formula is C23H26BrFN2O2S. The maximum atomic E-state index is 12.4. The van der Waals surface area contributed by atoms with Gasteiger partial charge in [-0.25, -0.2) is 9.37 Å². The first-order chi connectivity index (χ1) is 14.6. The van der Waals surface area contributed by atoms with Gasteiger partial charge in [-0.3, -0.25) is 0 Å². The van der Waals surface area contributed by atoms with Gasteiger partial charge in [0.25, 0.3) is 0 Å². The van der Waals surface area contributed by atoms with Crippen molar-refractivity contribution in [1.29, 1.82) is 0 Å². The van der Waals surface area contributed by atoms with Crippen LogP contribution in [-0.2, 0) is 22.3 Å². The second-order valence-corrected chi connectivity index (χ2v) is 8.11. The van der Waals surface area contributed by atoms with Gasteiger partial charge in [0, 0.05) is 22.4 Å². The van der Waals surface area contributed by atoms with Gasteiger partial charge >= 0.3 is 0 Å². The summed E-state index contributed by atoms with van der Waals surface area (Å²) in [6, 6.07) is 14.7. The summed E-state index contributed by atoms with van der Waals surface area (Å²) in [7, 11) is 1.91. The third kappa shape index (κ3) is 8.05. The molecule has 0 amide bonds. The number of carbonyl (C=O) groups excluding carboxylic acids is 1. The Labute approximate surface area is 189 Å². The van der Waals surface area contributed by atoms with Crippen LogP contribution in [0.2, 0.25) is 0 Å². The van der Waals surface area contributed by atoms with E-state index < -0.39 is 0 Å². The van der Waals surface area contributed by atoms with Crippen LogP contribution in [-0.4, -0.2) is 30.6 Å². The molecule has 0 aliphatic carbocycles. The molecule has 0 bridgehead atoms. The first-order valence-corrected chi connectivity index (χ1v) is 11.9. The van der Waals surface area contributed by atoms with Crippen molar-refractivity contribution in [2.45, 2.75) is 24.4 Å². The summed E-state index contributed by atoms with van der Waals surface area (Å²) < 4.78 is 18.1. The van der Waals surface area contributed by atoms with Gasteiger partial charge in [-0.1, -0.05) is 40.2 Å². The molecule has 0 fully saturated rings. The average Bonchev–Trinajstić information content (AvgIpc) is 3.14. The van der Waals surface area contributed by atoms with Crippen molar-refractivity contribution >= 4 is 34.0 Å². The van der Waals surface area contributed by atoms with Crippen LogP contribution in [0.3, 0.4) is 0 Å². The van der Waals surface area contributed by atoms with Gasteiger partial charge in [-0.2, -0.15) is 0 Å². The molecule has 1 aromatic heterocycles. The molecule has 7 heteroatoms. The lowest BCUT2D eigenvalue weighted by Gasteiger charge is -1.98. The van der Waals surface area contributed by atoms with Gasteiger partial charge in [0.1, 0.15) is 17.9 Å². The van der Waals surface area contributed by atoms with E-state index in [4.69, 9.17) is 4.42 Å². The molecule has 160 valence electrons. The van der Waals surface area contributed by atoms with E-state index >= 15 is 0 Å². The number of aryl methyl sites for hydroxylation is 1. The predicted molar refractivity (Wildman–Crippen MR) is 126 cm³/mol. The molecule has 30 heavy (non-hydrogen) atoms. The largest absolute Gasteiger partial charge is 0.441 e. The van der Waals surface area contributed by atoms with E-state index in [1.54, 1.807) is 0 Å². The van der Waals surface area contributed by atoms with Crippen LogP contribution in [0.25, 0.3) is 11.5 Å². The Hall–Kier alpha value is -1.96. The van der Waals surface area contributed by atoms with Crippen molar-refractivity contribution < 1.29 is 13.6 Å². The van der Waals surface area contributed by atoms with E-state index in [2.05, 4.69) is 26.2 Å². The summed E-state index contributed by atoms with van der Waals surface area (Å²) in [6.07, 6.45) is 1.86. The number of thioether (sulfide) groups is 1. The highest BCUT2D eigenvalue weighted by Gasteiger charge is 2.11. The minimum Gasteiger partial charge on any atom is -0.441 e. The second-order valence-electron chi connectivity index (χ2n) is 6.51.